The lowest BCUT2D eigenvalue weighted by atomic mass is 10.00. The number of nitrogens with zero attached hydrogens (tertiary/aromatic N) is 1. The molecule has 0 radical (unpaired) electrons. The van der Waals surface area contributed by atoms with E-state index in [0.717, 1.165) is 29.9 Å². The zero-order valence-electron chi connectivity index (χ0n) is 15.9. The standard InChI is InChI=1S/C20H22NO2.ClHO4/c1-4-10-21-13-16-11-19(22-2)20(23-3)12-17(16)18(14-21)15-8-6-5-7-9-15;2-1(3,4)5/h5-9,11-14H,4,10H2,1-3H3;(H,2,3,4,5)/q+1;/p-1. The fourth-order valence-corrected chi connectivity index (χ4v) is 2.92. The van der Waals surface area contributed by atoms with Gasteiger partial charge in [-0.05, 0) is 17.7 Å². The highest BCUT2D eigenvalue weighted by Crippen LogP contribution is 2.36. The fraction of sp³-hybridized carbons (Fsp3) is 0.250. The molecule has 1 aromatic heterocycles. The zero-order valence-corrected chi connectivity index (χ0v) is 16.6. The molecule has 0 aliphatic carbocycles. The highest BCUT2D eigenvalue weighted by Gasteiger charge is 2.15. The van der Waals surface area contributed by atoms with Crippen LogP contribution in [0.2, 0.25) is 0 Å². The van der Waals surface area contributed by atoms with Gasteiger partial charge in [-0.3, -0.25) is 0 Å². The Hall–Kier alpha value is -2.42. The van der Waals surface area contributed by atoms with Gasteiger partial charge >= 0.3 is 0 Å². The molecule has 1 heterocycles. The van der Waals surface area contributed by atoms with Gasteiger partial charge in [0, 0.05) is 11.8 Å². The second-order valence-corrected chi connectivity index (χ2v) is 6.70. The third-order valence-corrected chi connectivity index (χ3v) is 4.01. The monoisotopic (exact) mass is 407 g/mol. The minimum absolute atomic E-state index is 0.755. The number of hydrogen-bond donors (Lipinski definition) is 0. The predicted octanol–water partition coefficient (Wildman–Crippen LogP) is -0.534. The van der Waals surface area contributed by atoms with Crippen LogP contribution >= 0.6 is 0 Å². The summed E-state index contributed by atoms with van der Waals surface area (Å²) in [5.74, 6) is 1.51. The number of pyridine rings is 1. The summed E-state index contributed by atoms with van der Waals surface area (Å²) in [6, 6.07) is 14.6. The predicted molar refractivity (Wildman–Crippen MR) is 93.0 cm³/mol. The van der Waals surface area contributed by atoms with Gasteiger partial charge in [0.05, 0.1) is 25.2 Å². The normalized spacial score (nSPS) is 11.0. The Bertz CT molecular complexity index is 906. The maximum absolute atomic E-state index is 8.49. The van der Waals surface area contributed by atoms with Gasteiger partial charge < -0.3 is 9.47 Å². The summed E-state index contributed by atoms with van der Waals surface area (Å²) in [7, 11) is -1.60. The number of aromatic nitrogens is 1. The Morgan fingerprint density at radius 1 is 0.893 bits per heavy atom. The van der Waals surface area contributed by atoms with E-state index in [1.807, 2.05) is 12.1 Å². The van der Waals surface area contributed by atoms with Crippen LogP contribution in [0.1, 0.15) is 13.3 Å². The van der Waals surface area contributed by atoms with Gasteiger partial charge in [0.2, 0.25) is 0 Å². The van der Waals surface area contributed by atoms with Crippen molar-refractivity contribution in [2.75, 3.05) is 14.2 Å². The maximum atomic E-state index is 8.49. The maximum Gasteiger partial charge on any atom is 0.177 e. The molecular weight excluding hydrogens is 386 g/mol. The van der Waals surface area contributed by atoms with Crippen LogP contribution in [-0.4, -0.2) is 14.2 Å². The van der Waals surface area contributed by atoms with Crippen molar-refractivity contribution in [2.45, 2.75) is 19.9 Å². The molecule has 0 bridgehead atoms. The minimum Gasteiger partial charge on any atom is -0.493 e. The number of halogens is 1. The number of methoxy groups -OCH3 is 2. The molecule has 0 fully saturated rings. The summed E-state index contributed by atoms with van der Waals surface area (Å²) in [5.41, 5.74) is 2.41. The topological polar surface area (TPSA) is 115 Å². The Morgan fingerprint density at radius 3 is 2.00 bits per heavy atom. The molecule has 0 unspecified atom stereocenters. The highest BCUT2D eigenvalue weighted by atomic mass is 35.7. The van der Waals surface area contributed by atoms with Crippen molar-refractivity contribution in [2.24, 2.45) is 0 Å². The van der Waals surface area contributed by atoms with Crippen LogP contribution in [0.25, 0.3) is 21.9 Å². The van der Waals surface area contributed by atoms with Crippen molar-refractivity contribution in [3.8, 4) is 22.6 Å². The number of rotatable bonds is 5. The van der Waals surface area contributed by atoms with E-state index in [0.29, 0.717) is 0 Å². The molecule has 0 aliphatic rings. The molecule has 28 heavy (non-hydrogen) atoms. The third kappa shape index (κ3) is 6.05. The summed E-state index contributed by atoms with van der Waals surface area (Å²) >= 11 is 0. The van der Waals surface area contributed by atoms with Crippen molar-refractivity contribution >= 4 is 10.8 Å². The number of benzene rings is 2. The van der Waals surface area contributed by atoms with Gasteiger partial charge in [-0.15, -0.1) is 10.2 Å². The van der Waals surface area contributed by atoms with Gasteiger partial charge in [0.25, 0.3) is 0 Å². The molecule has 0 amide bonds. The van der Waals surface area contributed by atoms with Gasteiger partial charge in [-0.1, -0.05) is 37.3 Å². The van der Waals surface area contributed by atoms with E-state index in [1.54, 1.807) is 14.2 Å². The molecule has 7 nitrogen and oxygen atoms in total. The van der Waals surface area contributed by atoms with E-state index < -0.39 is 10.2 Å². The van der Waals surface area contributed by atoms with Crippen LogP contribution in [-0.2, 0) is 6.54 Å². The summed E-state index contributed by atoms with van der Waals surface area (Å²) in [6.07, 6.45) is 5.48. The summed E-state index contributed by atoms with van der Waals surface area (Å²) in [4.78, 5) is 0. The average Bonchev–Trinajstić information content (AvgIpc) is 2.66. The van der Waals surface area contributed by atoms with Crippen LogP contribution in [0.15, 0.2) is 54.9 Å². The Labute approximate surface area is 165 Å². The Morgan fingerprint density at radius 2 is 1.46 bits per heavy atom. The first-order valence-corrected chi connectivity index (χ1v) is 9.76. The molecule has 0 aliphatic heterocycles. The quantitative estimate of drug-likeness (QED) is 0.525. The van der Waals surface area contributed by atoms with E-state index >= 15 is 0 Å². The molecule has 0 saturated carbocycles. The van der Waals surface area contributed by atoms with E-state index in [4.69, 9.17) is 28.1 Å². The summed E-state index contributed by atoms with van der Waals surface area (Å²) in [6.45, 7) is 3.18. The lowest BCUT2D eigenvalue weighted by molar-refractivity contribution is -2.00. The number of fused-ring (bicyclic) bond motifs is 1. The van der Waals surface area contributed by atoms with E-state index in [1.165, 1.54) is 16.5 Å². The van der Waals surface area contributed by atoms with Crippen molar-refractivity contribution in [1.82, 2.24) is 0 Å². The van der Waals surface area contributed by atoms with Crippen molar-refractivity contribution in [1.29, 1.82) is 0 Å². The van der Waals surface area contributed by atoms with E-state index in [9.17, 15) is 0 Å². The van der Waals surface area contributed by atoms with Crippen molar-refractivity contribution < 1.29 is 42.9 Å². The highest BCUT2D eigenvalue weighted by molar-refractivity contribution is 5.97. The van der Waals surface area contributed by atoms with Crippen molar-refractivity contribution in [3.05, 3.63) is 54.9 Å². The van der Waals surface area contributed by atoms with Crippen molar-refractivity contribution in [3.63, 3.8) is 0 Å². The first-order chi connectivity index (χ1) is 13.3. The zero-order chi connectivity index (χ0) is 20.7. The second-order valence-electron chi connectivity index (χ2n) is 5.95. The first-order valence-electron chi connectivity index (χ1n) is 8.52. The fourth-order valence-electron chi connectivity index (χ4n) is 2.92. The number of aryl methyl sites for hydroxylation is 1. The minimum atomic E-state index is -4.94. The second kappa shape index (κ2) is 9.68. The molecule has 0 N–H and O–H groups in total. The van der Waals surface area contributed by atoms with Crippen LogP contribution in [0.3, 0.4) is 0 Å². The lowest BCUT2D eigenvalue weighted by Crippen LogP contribution is -2.68. The third-order valence-electron chi connectivity index (χ3n) is 4.01. The van der Waals surface area contributed by atoms with Gasteiger partial charge in [-0.2, -0.15) is 0 Å². The van der Waals surface area contributed by atoms with E-state index in [-0.39, 0.29) is 0 Å². The molecule has 3 rings (SSSR count). The van der Waals surface area contributed by atoms with Crippen LogP contribution in [0, 0.1) is 10.2 Å². The van der Waals surface area contributed by atoms with E-state index in [2.05, 4.69) is 54.2 Å². The lowest BCUT2D eigenvalue weighted by Gasteiger charge is -2.17. The molecule has 150 valence electrons. The largest absolute Gasteiger partial charge is 0.493 e. The molecule has 0 spiro atoms. The van der Waals surface area contributed by atoms with Gasteiger partial charge in [-0.25, -0.2) is 23.2 Å². The molecule has 8 heteroatoms. The van der Waals surface area contributed by atoms with Crippen LogP contribution in [0.4, 0.5) is 0 Å². The van der Waals surface area contributed by atoms with Gasteiger partial charge in [0.1, 0.15) is 6.54 Å². The number of ether oxygens (including phenoxy) is 2. The average molecular weight is 408 g/mol. The summed E-state index contributed by atoms with van der Waals surface area (Å²) < 4.78 is 47.2. The summed E-state index contributed by atoms with van der Waals surface area (Å²) in [5, 5.41) is 2.32. The molecule has 0 atom stereocenters. The van der Waals surface area contributed by atoms with Crippen LogP contribution < -0.4 is 32.7 Å². The Kier molecular flexibility index (Phi) is 7.56. The molecular formula is C20H22ClNO6. The molecule has 2 aromatic carbocycles. The SMILES string of the molecule is CCC[n+]1cc(-c2ccccc2)c2cc(OC)c(OC)cc2c1.[O-][Cl+3]([O-])([O-])[O-]. The first kappa shape index (κ1) is 21.9. The smallest absolute Gasteiger partial charge is 0.177 e. The Balaban J connectivity index is 0.000000500. The molecule has 3 aromatic rings. The van der Waals surface area contributed by atoms with Gasteiger partial charge in [0.15, 0.2) is 23.9 Å². The number of hydrogen-bond acceptors (Lipinski definition) is 6. The van der Waals surface area contributed by atoms with Crippen LogP contribution in [0.5, 0.6) is 11.5 Å². The molecule has 0 saturated heterocycles.